The maximum Gasteiger partial charge on any atom is 0.0341 e. The standard InChI is InChI=1S/C16H26BrN3/c1-19(2)13-14-7-10-20(11-8-14)12-9-18-16-5-3-15(17)4-6-16/h3-6,14,18H,7-13H2,1-2H3. The zero-order valence-electron chi connectivity index (χ0n) is 12.6. The van der Waals surface area contributed by atoms with Crippen molar-refractivity contribution in [3.63, 3.8) is 0 Å². The number of benzene rings is 1. The smallest absolute Gasteiger partial charge is 0.0341 e. The minimum Gasteiger partial charge on any atom is -0.384 e. The molecule has 3 nitrogen and oxygen atoms in total. The second kappa shape index (κ2) is 8.01. The first-order chi connectivity index (χ1) is 9.63. The van der Waals surface area contributed by atoms with Gasteiger partial charge in [-0.1, -0.05) is 15.9 Å². The fourth-order valence-electron chi connectivity index (χ4n) is 2.84. The number of hydrogen-bond donors (Lipinski definition) is 1. The van der Waals surface area contributed by atoms with Gasteiger partial charge in [-0.05, 0) is 70.2 Å². The summed E-state index contributed by atoms with van der Waals surface area (Å²) in [7, 11) is 4.35. The van der Waals surface area contributed by atoms with Crippen molar-refractivity contribution in [2.45, 2.75) is 12.8 Å². The lowest BCUT2D eigenvalue weighted by Crippen LogP contribution is -2.39. The zero-order valence-corrected chi connectivity index (χ0v) is 14.2. The molecule has 0 bridgehead atoms. The van der Waals surface area contributed by atoms with E-state index in [1.165, 1.54) is 38.2 Å². The van der Waals surface area contributed by atoms with Gasteiger partial charge in [0.1, 0.15) is 0 Å². The Kier molecular flexibility index (Phi) is 6.33. The van der Waals surface area contributed by atoms with Crippen LogP contribution in [0, 0.1) is 5.92 Å². The summed E-state index contributed by atoms with van der Waals surface area (Å²) in [4.78, 5) is 4.90. The summed E-state index contributed by atoms with van der Waals surface area (Å²) in [6.07, 6.45) is 2.69. The van der Waals surface area contributed by atoms with E-state index in [1.807, 2.05) is 0 Å². The van der Waals surface area contributed by atoms with Crippen LogP contribution in [-0.2, 0) is 0 Å². The van der Waals surface area contributed by atoms with Gasteiger partial charge in [0.15, 0.2) is 0 Å². The Morgan fingerprint density at radius 3 is 2.45 bits per heavy atom. The Morgan fingerprint density at radius 2 is 1.85 bits per heavy atom. The summed E-state index contributed by atoms with van der Waals surface area (Å²) in [5, 5.41) is 3.49. The molecule has 1 aromatic carbocycles. The molecule has 112 valence electrons. The molecule has 0 spiro atoms. The molecule has 1 fully saturated rings. The molecule has 0 radical (unpaired) electrons. The fourth-order valence-corrected chi connectivity index (χ4v) is 3.10. The maximum absolute atomic E-state index is 3.49. The maximum atomic E-state index is 3.49. The van der Waals surface area contributed by atoms with Gasteiger partial charge in [-0.25, -0.2) is 0 Å². The largest absolute Gasteiger partial charge is 0.384 e. The average molecular weight is 340 g/mol. The third kappa shape index (κ3) is 5.43. The van der Waals surface area contributed by atoms with Crippen molar-refractivity contribution in [2.75, 3.05) is 52.1 Å². The Balaban J connectivity index is 1.62. The predicted octanol–water partition coefficient (Wildman–Crippen LogP) is 3.13. The molecule has 0 amide bonds. The van der Waals surface area contributed by atoms with Crippen LogP contribution >= 0.6 is 15.9 Å². The Morgan fingerprint density at radius 1 is 1.20 bits per heavy atom. The van der Waals surface area contributed by atoms with Gasteiger partial charge in [0.25, 0.3) is 0 Å². The molecule has 0 atom stereocenters. The monoisotopic (exact) mass is 339 g/mol. The Hall–Kier alpha value is -0.580. The molecule has 1 aliphatic heterocycles. The summed E-state index contributed by atoms with van der Waals surface area (Å²) in [5.74, 6) is 0.890. The highest BCUT2D eigenvalue weighted by molar-refractivity contribution is 9.10. The molecular weight excluding hydrogens is 314 g/mol. The molecular formula is C16H26BrN3. The predicted molar refractivity (Wildman–Crippen MR) is 90.3 cm³/mol. The molecule has 1 heterocycles. The Bertz CT molecular complexity index is 383. The average Bonchev–Trinajstić information content (AvgIpc) is 2.42. The summed E-state index contributed by atoms with van der Waals surface area (Å²) < 4.78 is 1.13. The fraction of sp³-hybridized carbons (Fsp3) is 0.625. The first-order valence-corrected chi connectivity index (χ1v) is 8.29. The van der Waals surface area contributed by atoms with Crippen LogP contribution in [-0.4, -0.2) is 56.6 Å². The summed E-state index contributed by atoms with van der Waals surface area (Å²) in [6, 6.07) is 8.39. The van der Waals surface area contributed by atoms with Crippen LogP contribution < -0.4 is 5.32 Å². The highest BCUT2D eigenvalue weighted by atomic mass is 79.9. The van der Waals surface area contributed by atoms with Crippen molar-refractivity contribution in [3.8, 4) is 0 Å². The van der Waals surface area contributed by atoms with Gasteiger partial charge in [0, 0.05) is 29.8 Å². The number of anilines is 1. The number of halogens is 1. The van der Waals surface area contributed by atoms with Gasteiger partial charge in [-0.15, -0.1) is 0 Å². The van der Waals surface area contributed by atoms with E-state index in [0.29, 0.717) is 0 Å². The van der Waals surface area contributed by atoms with E-state index in [1.54, 1.807) is 0 Å². The molecule has 0 aromatic heterocycles. The van der Waals surface area contributed by atoms with E-state index in [0.717, 1.165) is 23.5 Å². The van der Waals surface area contributed by atoms with E-state index in [4.69, 9.17) is 0 Å². The van der Waals surface area contributed by atoms with Gasteiger partial charge in [0.05, 0.1) is 0 Å². The molecule has 2 rings (SSSR count). The molecule has 0 saturated carbocycles. The minimum atomic E-state index is 0.890. The molecule has 1 aromatic rings. The highest BCUT2D eigenvalue weighted by Crippen LogP contribution is 2.18. The molecule has 0 aliphatic carbocycles. The zero-order chi connectivity index (χ0) is 14.4. The van der Waals surface area contributed by atoms with Crippen LogP contribution in [0.15, 0.2) is 28.7 Å². The van der Waals surface area contributed by atoms with E-state index >= 15 is 0 Å². The number of likely N-dealkylation sites (tertiary alicyclic amines) is 1. The van der Waals surface area contributed by atoms with Crippen LogP contribution in [0.5, 0.6) is 0 Å². The molecule has 1 aliphatic rings. The van der Waals surface area contributed by atoms with Crippen LogP contribution in [0.25, 0.3) is 0 Å². The molecule has 1 saturated heterocycles. The van der Waals surface area contributed by atoms with Gasteiger partial charge >= 0.3 is 0 Å². The van der Waals surface area contributed by atoms with Crippen molar-refractivity contribution in [1.82, 2.24) is 9.80 Å². The number of rotatable bonds is 6. The van der Waals surface area contributed by atoms with E-state index in [-0.39, 0.29) is 0 Å². The first-order valence-electron chi connectivity index (χ1n) is 7.50. The lowest BCUT2D eigenvalue weighted by molar-refractivity contribution is 0.167. The van der Waals surface area contributed by atoms with Gasteiger partial charge in [-0.2, -0.15) is 0 Å². The molecule has 1 N–H and O–H groups in total. The van der Waals surface area contributed by atoms with Crippen molar-refractivity contribution in [3.05, 3.63) is 28.7 Å². The number of nitrogens with zero attached hydrogens (tertiary/aromatic N) is 2. The third-order valence-corrected chi connectivity index (χ3v) is 4.46. The van der Waals surface area contributed by atoms with Crippen molar-refractivity contribution in [2.24, 2.45) is 5.92 Å². The van der Waals surface area contributed by atoms with E-state index < -0.39 is 0 Å². The van der Waals surface area contributed by atoms with Crippen molar-refractivity contribution < 1.29 is 0 Å². The summed E-state index contributed by atoms with van der Waals surface area (Å²) in [5.41, 5.74) is 1.20. The lowest BCUT2D eigenvalue weighted by Gasteiger charge is -2.33. The number of nitrogens with one attached hydrogen (secondary N) is 1. The second-order valence-electron chi connectivity index (χ2n) is 5.98. The SMILES string of the molecule is CN(C)CC1CCN(CCNc2ccc(Br)cc2)CC1. The van der Waals surface area contributed by atoms with E-state index in [9.17, 15) is 0 Å². The number of hydrogen-bond acceptors (Lipinski definition) is 3. The third-order valence-electron chi connectivity index (χ3n) is 3.93. The van der Waals surface area contributed by atoms with Crippen LogP contribution in [0.2, 0.25) is 0 Å². The van der Waals surface area contributed by atoms with Crippen molar-refractivity contribution in [1.29, 1.82) is 0 Å². The summed E-state index contributed by atoms with van der Waals surface area (Å²) in [6.45, 7) is 5.91. The minimum absolute atomic E-state index is 0.890. The lowest BCUT2D eigenvalue weighted by atomic mass is 9.96. The van der Waals surface area contributed by atoms with Crippen LogP contribution in [0.3, 0.4) is 0 Å². The molecule has 20 heavy (non-hydrogen) atoms. The quantitative estimate of drug-likeness (QED) is 0.858. The van der Waals surface area contributed by atoms with Crippen LogP contribution in [0.4, 0.5) is 5.69 Å². The normalized spacial score (nSPS) is 17.6. The number of piperidine rings is 1. The van der Waals surface area contributed by atoms with Crippen molar-refractivity contribution >= 4 is 21.6 Å². The van der Waals surface area contributed by atoms with Gasteiger partial charge < -0.3 is 15.1 Å². The molecule has 0 unspecified atom stereocenters. The summed E-state index contributed by atoms with van der Waals surface area (Å²) >= 11 is 3.46. The topological polar surface area (TPSA) is 18.5 Å². The first kappa shape index (κ1) is 15.8. The van der Waals surface area contributed by atoms with Crippen LogP contribution in [0.1, 0.15) is 12.8 Å². The highest BCUT2D eigenvalue weighted by Gasteiger charge is 2.18. The van der Waals surface area contributed by atoms with Gasteiger partial charge in [0.2, 0.25) is 0 Å². The van der Waals surface area contributed by atoms with E-state index in [2.05, 4.69) is 69.4 Å². The molecule has 4 heteroatoms. The second-order valence-corrected chi connectivity index (χ2v) is 6.90. The Labute approximate surface area is 131 Å². The van der Waals surface area contributed by atoms with Gasteiger partial charge in [-0.3, -0.25) is 0 Å².